The molecule has 1 amide bonds. The highest BCUT2D eigenvalue weighted by atomic mass is 32.1. The van der Waals surface area contributed by atoms with Crippen LogP contribution in [0.2, 0.25) is 0 Å². The quantitative estimate of drug-likeness (QED) is 0.0276. The van der Waals surface area contributed by atoms with E-state index >= 15 is 4.39 Å². The second kappa shape index (κ2) is 26.3. The molecule has 2 saturated heterocycles. The number of nitrogens with zero attached hydrogens (tertiary/aromatic N) is 5. The minimum absolute atomic E-state index is 0.0103. The van der Waals surface area contributed by atoms with E-state index in [1.165, 1.54) is 32.1 Å². The summed E-state index contributed by atoms with van der Waals surface area (Å²) in [6.07, 6.45) is -5.44. The number of carbonyl (C=O) groups is 3. The Morgan fingerprint density at radius 2 is 1.69 bits per heavy atom. The molecule has 416 valence electrons. The van der Waals surface area contributed by atoms with Gasteiger partial charge in [-0.2, -0.15) is 0 Å². The molecule has 2 aliphatic heterocycles. The lowest BCUT2D eigenvalue weighted by atomic mass is 9.73. The van der Waals surface area contributed by atoms with Crippen molar-refractivity contribution in [1.82, 2.24) is 14.9 Å². The van der Waals surface area contributed by atoms with Crippen LogP contribution in [-0.2, 0) is 60.5 Å². The predicted molar refractivity (Wildman–Crippen MR) is 280 cm³/mol. The van der Waals surface area contributed by atoms with Gasteiger partial charge in [0.05, 0.1) is 48.5 Å². The first-order valence-electron chi connectivity index (χ1n) is 25.3. The number of likely N-dealkylation sites (N-methyl/N-ethyl adjacent to an activating group) is 1. The number of ether oxygens (including phenoxy) is 4. The van der Waals surface area contributed by atoms with E-state index in [0.29, 0.717) is 34.8 Å². The SMILES string of the molecule is CCC(=O)N=C1[C@H](C)C[C@@](C)(O)[C@H](O[C@@H]2O[C@H](C)C[C@H](N(C)C)[C@H]2O)[C@@H](C)C(=O)[C@](C)(F)C(=O)O[C@H](CC)[C@@](C)(O)[C@H](OC/C(CC)=N\OCc2ccc(-c3nc(NP(=O)(O)OCc4ccccc4)cs3)cn2)[C@H]1C. The van der Waals surface area contributed by atoms with Crippen LogP contribution in [-0.4, -0.2) is 145 Å². The first kappa shape index (κ1) is 61.4. The van der Waals surface area contributed by atoms with E-state index in [1.54, 1.807) is 109 Å². The highest BCUT2D eigenvalue weighted by molar-refractivity contribution is 7.54. The molecular weight excluding hydrogens is 1010 g/mol. The Balaban J connectivity index is 1.38. The molecule has 23 heteroatoms. The van der Waals surface area contributed by atoms with Crippen molar-refractivity contribution < 1.29 is 71.9 Å². The molecule has 0 radical (unpaired) electrons. The first-order chi connectivity index (χ1) is 35.1. The van der Waals surface area contributed by atoms with Gasteiger partial charge in [-0.15, -0.1) is 11.3 Å². The normalized spacial score (nSPS) is 32.9. The van der Waals surface area contributed by atoms with Crippen molar-refractivity contribution in [3.63, 3.8) is 0 Å². The second-order valence-electron chi connectivity index (χ2n) is 20.3. The molecule has 4 heterocycles. The summed E-state index contributed by atoms with van der Waals surface area (Å²) in [5.41, 5.74) is -5.03. The van der Waals surface area contributed by atoms with Gasteiger partial charge in [0, 0.05) is 47.2 Å². The Hall–Kier alpha value is -4.45. The van der Waals surface area contributed by atoms with Crippen molar-refractivity contribution in [2.24, 2.45) is 27.9 Å². The highest BCUT2D eigenvalue weighted by Crippen LogP contribution is 2.44. The summed E-state index contributed by atoms with van der Waals surface area (Å²) in [5, 5.41) is 45.4. The number of alkyl halides is 1. The number of benzene rings is 1. The van der Waals surface area contributed by atoms with Crippen molar-refractivity contribution in [2.45, 2.75) is 174 Å². The Bertz CT molecular complexity index is 2490. The number of esters is 1. The van der Waals surface area contributed by atoms with Gasteiger partial charge in [-0.3, -0.25) is 24.2 Å². The minimum atomic E-state index is -4.22. The van der Waals surface area contributed by atoms with E-state index in [1.807, 2.05) is 6.07 Å². The van der Waals surface area contributed by atoms with Crippen molar-refractivity contribution in [2.75, 3.05) is 25.8 Å². The van der Waals surface area contributed by atoms with Gasteiger partial charge in [-0.1, -0.05) is 77.0 Å². The van der Waals surface area contributed by atoms with E-state index in [2.05, 4.69) is 25.2 Å². The number of thiazole rings is 1. The molecule has 0 spiro atoms. The average molecular weight is 1090 g/mol. The molecule has 75 heavy (non-hydrogen) atoms. The van der Waals surface area contributed by atoms with Gasteiger partial charge in [0.25, 0.3) is 5.67 Å². The Morgan fingerprint density at radius 3 is 2.31 bits per heavy atom. The van der Waals surface area contributed by atoms with Gasteiger partial charge in [0.2, 0.25) is 5.91 Å². The first-order valence-corrected chi connectivity index (χ1v) is 27.8. The van der Waals surface area contributed by atoms with Crippen LogP contribution in [0.3, 0.4) is 0 Å². The number of hydrogen-bond acceptors (Lipinski definition) is 18. The molecule has 2 aromatic heterocycles. The van der Waals surface area contributed by atoms with Gasteiger partial charge in [-0.05, 0) is 91.1 Å². The molecule has 3 aromatic rings. The number of anilines is 1. The lowest BCUT2D eigenvalue weighted by Crippen LogP contribution is -2.61. The molecule has 2 fully saturated rings. The van der Waals surface area contributed by atoms with Crippen LogP contribution >= 0.6 is 19.1 Å². The van der Waals surface area contributed by atoms with Crippen molar-refractivity contribution in [3.05, 3.63) is 65.3 Å². The summed E-state index contributed by atoms with van der Waals surface area (Å²) < 4.78 is 59.5. The molecule has 5 rings (SSSR count). The number of aliphatic hydroxyl groups is 3. The monoisotopic (exact) mass is 1090 g/mol. The smallest absolute Gasteiger partial charge is 0.431 e. The number of ketones is 1. The van der Waals surface area contributed by atoms with Crippen LogP contribution in [0.4, 0.5) is 10.2 Å². The lowest BCUT2D eigenvalue weighted by molar-refractivity contribution is -0.293. The van der Waals surface area contributed by atoms with Gasteiger partial charge in [-0.25, -0.2) is 23.7 Å². The number of Topliss-reactive ketones (excluding diaryl/α,β-unsaturated/α-hetero) is 1. The van der Waals surface area contributed by atoms with Crippen LogP contribution in [0.25, 0.3) is 10.6 Å². The number of carbonyl (C=O) groups excluding carboxylic acids is 3. The molecule has 0 aliphatic carbocycles. The number of amides is 1. The highest BCUT2D eigenvalue weighted by Gasteiger charge is 2.56. The minimum Gasteiger partial charge on any atom is -0.457 e. The van der Waals surface area contributed by atoms with Crippen molar-refractivity contribution >= 4 is 54.0 Å². The van der Waals surface area contributed by atoms with Crippen molar-refractivity contribution in [3.8, 4) is 10.6 Å². The number of oxime groups is 1. The van der Waals surface area contributed by atoms with Crippen molar-refractivity contribution in [1.29, 1.82) is 0 Å². The summed E-state index contributed by atoms with van der Waals surface area (Å²) in [6.45, 7) is 14.6. The lowest BCUT2D eigenvalue weighted by Gasteiger charge is -2.46. The summed E-state index contributed by atoms with van der Waals surface area (Å²) >= 11 is 1.23. The number of aromatic nitrogens is 2. The summed E-state index contributed by atoms with van der Waals surface area (Å²) in [5.74, 6) is -6.52. The fourth-order valence-electron chi connectivity index (χ4n) is 9.58. The van der Waals surface area contributed by atoms with Crippen LogP contribution in [0, 0.1) is 17.8 Å². The Kier molecular flexibility index (Phi) is 21.5. The third-order valence-corrected chi connectivity index (χ3v) is 15.6. The maximum atomic E-state index is 16.9. The summed E-state index contributed by atoms with van der Waals surface area (Å²) in [4.78, 5) is 72.8. The zero-order valence-corrected chi connectivity index (χ0v) is 46.7. The average Bonchev–Trinajstić information content (AvgIpc) is 3.82. The molecule has 5 N–H and O–H groups in total. The largest absolute Gasteiger partial charge is 0.457 e. The van der Waals surface area contributed by atoms with E-state index in [0.717, 1.165) is 12.5 Å². The Morgan fingerprint density at radius 1 is 1.00 bits per heavy atom. The topological polar surface area (TPSA) is 270 Å². The Labute approximate surface area is 443 Å². The molecule has 1 unspecified atom stereocenters. The molecule has 14 atom stereocenters. The number of nitrogens with one attached hydrogen (secondary N) is 1. The fourth-order valence-corrected chi connectivity index (χ4v) is 11.2. The zero-order chi connectivity index (χ0) is 55.6. The number of hydrogen-bond donors (Lipinski definition) is 5. The van der Waals surface area contributed by atoms with Gasteiger partial charge in [0.1, 0.15) is 28.6 Å². The second-order valence-corrected chi connectivity index (χ2v) is 22.7. The molecular formula is C52H76FN6O14PS. The molecule has 20 nitrogen and oxygen atoms in total. The van der Waals surface area contributed by atoms with E-state index in [4.69, 9.17) is 28.3 Å². The van der Waals surface area contributed by atoms with E-state index < -0.39 is 103 Å². The summed E-state index contributed by atoms with van der Waals surface area (Å²) in [7, 11) is -0.660. The van der Waals surface area contributed by atoms with Crippen LogP contribution in [0.15, 0.2) is 64.2 Å². The third-order valence-electron chi connectivity index (χ3n) is 13.8. The van der Waals surface area contributed by atoms with Gasteiger partial charge in [0.15, 0.2) is 18.7 Å². The molecule has 2 aliphatic rings. The maximum absolute atomic E-state index is 16.9. The third kappa shape index (κ3) is 15.8. The number of aliphatic imine (C=N–C) groups is 1. The predicted octanol–water partition coefficient (Wildman–Crippen LogP) is 7.22. The fraction of sp³-hybridized carbons (Fsp3) is 0.635. The molecule has 0 saturated carbocycles. The number of pyridine rings is 1. The van der Waals surface area contributed by atoms with Crippen LogP contribution in [0.5, 0.6) is 0 Å². The summed E-state index contributed by atoms with van der Waals surface area (Å²) in [6, 6.07) is 12.0. The van der Waals surface area contributed by atoms with Gasteiger partial charge >= 0.3 is 13.7 Å². The van der Waals surface area contributed by atoms with E-state index in [9.17, 15) is 39.2 Å². The number of rotatable bonds is 18. The standard InChI is InChI=1S/C52H76FN6O14PS/c1-13-36(57-69-28-37-22-21-35(25-54-37)47-55-40(29-75-47)58-74(66,67)70-26-34-19-17-16-18-20-34)27-68-46-32(6)42(56-41(60)15-3)30(4)24-50(8,64)45(73-48-43(61)38(59(11)12)23-31(5)71-48)33(7)44(62)51(9,53)49(63)72-39(14-2)52(46,10)65/h16-22,25,29-33,38-39,43,45-46,48,61,64-65H,13-15,23-24,26-28H2,1-12H3,(H2,58,66,67)/b56-42?,57-36-/t30-,31-,32+,33+,38+,39-,43-,45-,46-,48+,50-,51+,52-/m1/s1. The number of cyclic esters (lactones) is 1. The van der Waals surface area contributed by atoms with Crippen LogP contribution in [0.1, 0.15) is 113 Å². The zero-order valence-electron chi connectivity index (χ0n) is 45.0. The van der Waals surface area contributed by atoms with Gasteiger partial charge < -0.3 is 48.9 Å². The number of aliphatic hydroxyl groups excluding tert-OH is 1. The number of halogens is 1. The van der Waals surface area contributed by atoms with E-state index in [-0.39, 0.29) is 50.6 Å². The molecule has 1 aromatic carbocycles. The molecule has 0 bridgehead atoms. The maximum Gasteiger partial charge on any atom is 0.431 e. The van der Waals surface area contributed by atoms with Crippen LogP contribution < -0.4 is 5.09 Å².